The van der Waals surface area contributed by atoms with Crippen LogP contribution in [0, 0.1) is 12.3 Å². The summed E-state index contributed by atoms with van der Waals surface area (Å²) in [4.78, 5) is 11.7. The van der Waals surface area contributed by atoms with Gasteiger partial charge in [-0.3, -0.25) is 0 Å². The van der Waals surface area contributed by atoms with Crippen LogP contribution in [0.15, 0.2) is 24.3 Å². The van der Waals surface area contributed by atoms with E-state index in [2.05, 4.69) is 10.6 Å². The van der Waals surface area contributed by atoms with Crippen molar-refractivity contribution in [2.24, 2.45) is 5.41 Å². The molecule has 0 saturated heterocycles. The molecule has 18 heavy (non-hydrogen) atoms. The third-order valence-corrected chi connectivity index (χ3v) is 2.91. The van der Waals surface area contributed by atoms with E-state index in [-0.39, 0.29) is 18.1 Å². The van der Waals surface area contributed by atoms with E-state index in [4.69, 9.17) is 5.11 Å². The number of aliphatic hydroxyl groups is 1. The molecule has 0 saturated carbocycles. The number of aryl methyl sites for hydroxylation is 1. The minimum absolute atomic E-state index is 0.0994. The lowest BCUT2D eigenvalue weighted by Crippen LogP contribution is -2.37. The molecule has 0 bridgehead atoms. The Hall–Kier alpha value is -1.55. The van der Waals surface area contributed by atoms with Crippen molar-refractivity contribution >= 4 is 11.7 Å². The lowest BCUT2D eigenvalue weighted by atomic mass is 9.90. The summed E-state index contributed by atoms with van der Waals surface area (Å²) in [7, 11) is 0. The van der Waals surface area contributed by atoms with E-state index in [9.17, 15) is 4.79 Å². The van der Waals surface area contributed by atoms with Gasteiger partial charge in [0, 0.05) is 18.8 Å². The molecular weight excluding hydrogens is 228 g/mol. The molecule has 1 aromatic rings. The number of urea groups is 1. The van der Waals surface area contributed by atoms with Gasteiger partial charge in [0.05, 0.1) is 0 Å². The highest BCUT2D eigenvalue weighted by Gasteiger charge is 2.18. The fourth-order valence-corrected chi connectivity index (χ4v) is 1.59. The van der Waals surface area contributed by atoms with Gasteiger partial charge in [0.2, 0.25) is 0 Å². The second kappa shape index (κ2) is 6.40. The van der Waals surface area contributed by atoms with Crippen LogP contribution in [0.25, 0.3) is 0 Å². The number of para-hydroxylation sites is 1. The molecule has 1 rings (SSSR count). The zero-order valence-corrected chi connectivity index (χ0v) is 11.3. The van der Waals surface area contributed by atoms with Crippen LogP contribution in [0.3, 0.4) is 0 Å². The maximum atomic E-state index is 11.7. The SMILES string of the molecule is Cc1ccccc1NC(=O)NCC(C)(C)CCO. The predicted octanol–water partition coefficient (Wildman–Crippen LogP) is 2.53. The first-order chi connectivity index (χ1) is 8.44. The molecule has 0 heterocycles. The lowest BCUT2D eigenvalue weighted by Gasteiger charge is -2.24. The van der Waals surface area contributed by atoms with Crippen LogP contribution in [-0.2, 0) is 0 Å². The van der Waals surface area contributed by atoms with Crippen molar-refractivity contribution in [1.29, 1.82) is 0 Å². The van der Waals surface area contributed by atoms with Crippen molar-refractivity contribution < 1.29 is 9.90 Å². The van der Waals surface area contributed by atoms with Gasteiger partial charge >= 0.3 is 6.03 Å². The molecule has 0 aliphatic carbocycles. The summed E-state index contributed by atoms with van der Waals surface area (Å²) in [6, 6.07) is 7.43. The molecule has 4 heteroatoms. The number of benzene rings is 1. The van der Waals surface area contributed by atoms with Crippen molar-refractivity contribution in [3.05, 3.63) is 29.8 Å². The Labute approximate surface area is 108 Å². The zero-order valence-electron chi connectivity index (χ0n) is 11.3. The molecule has 0 fully saturated rings. The summed E-state index contributed by atoms with van der Waals surface area (Å²) in [6.45, 7) is 6.64. The number of carbonyl (C=O) groups is 1. The number of rotatable bonds is 5. The Morgan fingerprint density at radius 2 is 2.00 bits per heavy atom. The average molecular weight is 250 g/mol. The molecular formula is C14H22N2O2. The van der Waals surface area contributed by atoms with Crippen molar-refractivity contribution in [1.82, 2.24) is 5.32 Å². The largest absolute Gasteiger partial charge is 0.396 e. The number of carbonyl (C=O) groups excluding carboxylic acids is 1. The Morgan fingerprint density at radius 1 is 1.33 bits per heavy atom. The average Bonchev–Trinajstić information content (AvgIpc) is 2.30. The summed E-state index contributed by atoms with van der Waals surface area (Å²) in [5.41, 5.74) is 1.75. The molecule has 3 N–H and O–H groups in total. The highest BCUT2D eigenvalue weighted by Crippen LogP contribution is 2.18. The topological polar surface area (TPSA) is 61.4 Å². The molecule has 0 aliphatic heterocycles. The minimum Gasteiger partial charge on any atom is -0.396 e. The second-order valence-corrected chi connectivity index (χ2v) is 5.26. The summed E-state index contributed by atoms with van der Waals surface area (Å²) >= 11 is 0. The third kappa shape index (κ3) is 4.75. The Morgan fingerprint density at radius 3 is 2.61 bits per heavy atom. The fraction of sp³-hybridized carbons (Fsp3) is 0.500. The Kier molecular flexibility index (Phi) is 5.16. The number of hydrogen-bond acceptors (Lipinski definition) is 2. The quantitative estimate of drug-likeness (QED) is 0.752. The van der Waals surface area contributed by atoms with Gasteiger partial charge in [0.15, 0.2) is 0 Å². The molecule has 0 aliphatic rings. The maximum Gasteiger partial charge on any atom is 0.319 e. The number of anilines is 1. The van der Waals surface area contributed by atoms with Gasteiger partial charge in [0.1, 0.15) is 0 Å². The van der Waals surface area contributed by atoms with E-state index < -0.39 is 0 Å². The first kappa shape index (κ1) is 14.5. The van der Waals surface area contributed by atoms with Gasteiger partial charge in [0.25, 0.3) is 0 Å². The maximum absolute atomic E-state index is 11.7. The normalized spacial score (nSPS) is 11.1. The standard InChI is InChI=1S/C14H22N2O2/c1-11-6-4-5-7-12(11)16-13(18)15-10-14(2,3)8-9-17/h4-7,17H,8-10H2,1-3H3,(H2,15,16,18). The first-order valence-corrected chi connectivity index (χ1v) is 6.16. The van der Waals surface area contributed by atoms with E-state index >= 15 is 0 Å². The zero-order chi connectivity index (χ0) is 13.6. The summed E-state index contributed by atoms with van der Waals surface area (Å²) in [6.07, 6.45) is 0.664. The van der Waals surface area contributed by atoms with Crippen molar-refractivity contribution in [3.63, 3.8) is 0 Å². The van der Waals surface area contributed by atoms with Gasteiger partial charge in [-0.05, 0) is 30.4 Å². The van der Waals surface area contributed by atoms with E-state index in [1.165, 1.54) is 0 Å². The molecule has 0 radical (unpaired) electrons. The molecule has 0 spiro atoms. The van der Waals surface area contributed by atoms with Crippen molar-refractivity contribution in [2.75, 3.05) is 18.5 Å². The second-order valence-electron chi connectivity index (χ2n) is 5.26. The first-order valence-electron chi connectivity index (χ1n) is 6.16. The van der Waals surface area contributed by atoms with Crippen molar-refractivity contribution in [2.45, 2.75) is 27.2 Å². The van der Waals surface area contributed by atoms with Crippen molar-refractivity contribution in [3.8, 4) is 0 Å². The molecule has 0 atom stereocenters. The number of amides is 2. The summed E-state index contributed by atoms with van der Waals surface area (Å²) in [5, 5.41) is 14.5. The highest BCUT2D eigenvalue weighted by atomic mass is 16.3. The number of hydrogen-bond donors (Lipinski definition) is 3. The van der Waals surface area contributed by atoms with Gasteiger partial charge in [-0.1, -0.05) is 32.0 Å². The molecule has 1 aromatic carbocycles. The van der Waals surface area contributed by atoms with E-state index in [0.717, 1.165) is 11.3 Å². The molecule has 2 amide bonds. The summed E-state index contributed by atoms with van der Waals surface area (Å²) < 4.78 is 0. The fourth-order valence-electron chi connectivity index (χ4n) is 1.59. The number of nitrogens with one attached hydrogen (secondary N) is 2. The van der Waals surface area contributed by atoms with Gasteiger partial charge in [-0.25, -0.2) is 4.79 Å². The van der Waals surface area contributed by atoms with E-state index in [0.29, 0.717) is 13.0 Å². The van der Waals surface area contributed by atoms with Crippen LogP contribution < -0.4 is 10.6 Å². The Balaban J connectivity index is 2.46. The Bertz CT molecular complexity index is 403. The van der Waals surface area contributed by atoms with E-state index in [1.807, 2.05) is 45.0 Å². The van der Waals surface area contributed by atoms with Crippen LogP contribution in [-0.4, -0.2) is 24.3 Å². The van der Waals surface area contributed by atoms with E-state index in [1.54, 1.807) is 0 Å². The van der Waals surface area contributed by atoms with Gasteiger partial charge in [-0.2, -0.15) is 0 Å². The molecule has 0 unspecified atom stereocenters. The van der Waals surface area contributed by atoms with Crippen LogP contribution in [0.4, 0.5) is 10.5 Å². The van der Waals surface area contributed by atoms with Crippen LogP contribution in [0.1, 0.15) is 25.8 Å². The predicted molar refractivity (Wildman–Crippen MR) is 73.7 cm³/mol. The van der Waals surface area contributed by atoms with Crippen LogP contribution in [0.2, 0.25) is 0 Å². The minimum atomic E-state index is -0.213. The third-order valence-electron chi connectivity index (χ3n) is 2.91. The van der Waals surface area contributed by atoms with Crippen LogP contribution >= 0.6 is 0 Å². The lowest BCUT2D eigenvalue weighted by molar-refractivity contribution is 0.204. The molecule has 100 valence electrons. The highest BCUT2D eigenvalue weighted by molar-refractivity contribution is 5.90. The van der Waals surface area contributed by atoms with Gasteiger partial charge in [-0.15, -0.1) is 0 Å². The smallest absolute Gasteiger partial charge is 0.319 e. The van der Waals surface area contributed by atoms with Gasteiger partial charge < -0.3 is 15.7 Å². The summed E-state index contributed by atoms with van der Waals surface area (Å²) in [5.74, 6) is 0. The molecule has 4 nitrogen and oxygen atoms in total. The molecule has 0 aromatic heterocycles. The van der Waals surface area contributed by atoms with Crippen LogP contribution in [0.5, 0.6) is 0 Å². The number of aliphatic hydroxyl groups excluding tert-OH is 1. The monoisotopic (exact) mass is 250 g/mol.